The van der Waals surface area contributed by atoms with E-state index in [4.69, 9.17) is 4.74 Å². The first-order valence-electron chi connectivity index (χ1n) is 8.86. The lowest BCUT2D eigenvalue weighted by molar-refractivity contribution is -0.384. The van der Waals surface area contributed by atoms with E-state index in [9.17, 15) is 24.5 Å². The number of esters is 1. The number of amides is 3. The van der Waals surface area contributed by atoms with Crippen LogP contribution in [0.4, 0.5) is 10.5 Å². The Labute approximate surface area is 155 Å². The molecule has 9 nitrogen and oxygen atoms in total. The number of hydrogen-bond acceptors (Lipinski definition) is 6. The molecule has 0 bridgehead atoms. The van der Waals surface area contributed by atoms with E-state index < -0.39 is 29.0 Å². The van der Waals surface area contributed by atoms with Crippen molar-refractivity contribution in [2.24, 2.45) is 5.92 Å². The van der Waals surface area contributed by atoms with Crippen LogP contribution in [0.3, 0.4) is 0 Å². The number of carbonyl (C=O) groups is 3. The minimum atomic E-state index is -0.909. The number of nitrogens with one attached hydrogen (secondary N) is 1. The third kappa shape index (κ3) is 3.62. The van der Waals surface area contributed by atoms with Gasteiger partial charge >= 0.3 is 12.0 Å². The molecule has 3 amide bonds. The summed E-state index contributed by atoms with van der Waals surface area (Å²) in [5.74, 6) is -1.06. The first-order chi connectivity index (χ1) is 12.8. The fourth-order valence-corrected chi connectivity index (χ4v) is 3.69. The molecular weight excluding hydrogens is 354 g/mol. The smallest absolute Gasteiger partial charge is 0.326 e. The zero-order valence-corrected chi connectivity index (χ0v) is 15.0. The van der Waals surface area contributed by atoms with Gasteiger partial charge in [0.2, 0.25) is 0 Å². The van der Waals surface area contributed by atoms with Gasteiger partial charge in [-0.15, -0.1) is 0 Å². The van der Waals surface area contributed by atoms with E-state index in [0.717, 1.165) is 24.2 Å². The molecule has 1 aromatic rings. The number of hydrogen-bond donors (Lipinski definition) is 1. The summed E-state index contributed by atoms with van der Waals surface area (Å²) in [6.07, 6.45) is 3.30. The number of benzene rings is 1. The zero-order valence-electron chi connectivity index (χ0n) is 15.0. The molecule has 2 fully saturated rings. The maximum Gasteiger partial charge on any atom is 0.326 e. The van der Waals surface area contributed by atoms with Gasteiger partial charge in [-0.05, 0) is 36.5 Å². The average Bonchev–Trinajstić information content (AvgIpc) is 2.88. The maximum absolute atomic E-state index is 12.8. The molecule has 0 unspecified atom stereocenters. The van der Waals surface area contributed by atoms with Crippen molar-refractivity contribution < 1.29 is 24.0 Å². The van der Waals surface area contributed by atoms with E-state index >= 15 is 0 Å². The molecule has 1 N–H and O–H groups in total. The van der Waals surface area contributed by atoms with Gasteiger partial charge < -0.3 is 10.1 Å². The van der Waals surface area contributed by atoms with Crippen LogP contribution in [-0.4, -0.2) is 39.8 Å². The van der Waals surface area contributed by atoms with Gasteiger partial charge in [0.1, 0.15) is 18.7 Å². The van der Waals surface area contributed by atoms with E-state index in [1.54, 1.807) is 0 Å². The minimum Gasteiger partial charge on any atom is -0.459 e. The third-order valence-corrected chi connectivity index (χ3v) is 5.34. The third-order valence-electron chi connectivity index (χ3n) is 5.34. The number of non-ortho nitro benzene ring substituents is 1. The Bertz CT molecular complexity index is 778. The molecule has 1 aliphatic heterocycles. The minimum absolute atomic E-state index is 0.0174. The fourth-order valence-electron chi connectivity index (χ4n) is 3.69. The predicted octanol–water partition coefficient (Wildman–Crippen LogP) is 2.14. The van der Waals surface area contributed by atoms with Crippen LogP contribution >= 0.6 is 0 Å². The molecule has 0 aromatic heterocycles. The van der Waals surface area contributed by atoms with Gasteiger partial charge in [0.25, 0.3) is 11.6 Å². The number of imide groups is 1. The lowest BCUT2D eigenvalue weighted by atomic mass is 9.73. The molecule has 0 radical (unpaired) electrons. The Morgan fingerprint density at radius 1 is 1.33 bits per heavy atom. The quantitative estimate of drug-likeness (QED) is 0.364. The Morgan fingerprint density at radius 2 is 2.04 bits per heavy atom. The number of ether oxygens (including phenoxy) is 1. The molecule has 144 valence electrons. The Balaban J connectivity index is 1.58. The van der Waals surface area contributed by atoms with Crippen molar-refractivity contribution in [1.82, 2.24) is 10.2 Å². The summed E-state index contributed by atoms with van der Waals surface area (Å²) in [6, 6.07) is 5.03. The molecule has 1 heterocycles. The van der Waals surface area contributed by atoms with E-state index in [2.05, 4.69) is 5.32 Å². The van der Waals surface area contributed by atoms with Crippen LogP contribution in [0.5, 0.6) is 0 Å². The number of carbonyl (C=O) groups excluding carboxylic acids is 3. The van der Waals surface area contributed by atoms with E-state index in [-0.39, 0.29) is 24.1 Å². The highest BCUT2D eigenvalue weighted by atomic mass is 16.6. The Morgan fingerprint density at radius 3 is 2.67 bits per heavy atom. The fraction of sp³-hybridized carbons (Fsp3) is 0.500. The normalized spacial score (nSPS) is 24.8. The lowest BCUT2D eigenvalue weighted by Crippen LogP contribution is -2.54. The maximum atomic E-state index is 12.8. The highest BCUT2D eigenvalue weighted by Gasteiger charge is 2.55. The molecule has 1 saturated carbocycles. The van der Waals surface area contributed by atoms with Crippen LogP contribution in [0.2, 0.25) is 0 Å². The molecule has 1 spiro atoms. The largest absolute Gasteiger partial charge is 0.459 e. The highest BCUT2D eigenvalue weighted by molar-refractivity contribution is 6.08. The monoisotopic (exact) mass is 375 g/mol. The number of rotatable bonds is 5. The molecule has 2 aliphatic rings. The van der Waals surface area contributed by atoms with Crippen molar-refractivity contribution in [3.63, 3.8) is 0 Å². The van der Waals surface area contributed by atoms with Crippen LogP contribution in [0.15, 0.2) is 24.3 Å². The number of nitrogens with zero attached hydrogens (tertiary/aromatic N) is 2. The van der Waals surface area contributed by atoms with Crippen molar-refractivity contribution in [2.45, 2.75) is 44.8 Å². The van der Waals surface area contributed by atoms with Crippen molar-refractivity contribution in [2.75, 3.05) is 6.54 Å². The van der Waals surface area contributed by atoms with Crippen molar-refractivity contribution in [3.05, 3.63) is 39.9 Å². The van der Waals surface area contributed by atoms with Crippen molar-refractivity contribution >= 4 is 23.6 Å². The number of urea groups is 1. The van der Waals surface area contributed by atoms with Crippen LogP contribution in [0, 0.1) is 16.0 Å². The van der Waals surface area contributed by atoms with Gasteiger partial charge in [-0.3, -0.25) is 24.6 Å². The summed E-state index contributed by atoms with van der Waals surface area (Å²) in [5.41, 5.74) is -0.395. The number of nitro groups is 1. The van der Waals surface area contributed by atoms with E-state index in [1.807, 2.05) is 6.92 Å². The summed E-state index contributed by atoms with van der Waals surface area (Å²) in [5, 5.41) is 13.4. The second-order valence-corrected chi connectivity index (χ2v) is 7.02. The molecule has 1 aliphatic carbocycles. The summed E-state index contributed by atoms with van der Waals surface area (Å²) in [4.78, 5) is 48.1. The van der Waals surface area contributed by atoms with Crippen molar-refractivity contribution in [3.8, 4) is 0 Å². The molecule has 2 atom stereocenters. The van der Waals surface area contributed by atoms with Crippen molar-refractivity contribution in [1.29, 1.82) is 0 Å². The van der Waals surface area contributed by atoms with Crippen LogP contribution in [0.1, 0.15) is 38.2 Å². The van der Waals surface area contributed by atoms with Gasteiger partial charge in [-0.25, -0.2) is 4.79 Å². The second-order valence-electron chi connectivity index (χ2n) is 7.02. The summed E-state index contributed by atoms with van der Waals surface area (Å²) < 4.78 is 5.11. The molecule has 27 heavy (non-hydrogen) atoms. The first-order valence-corrected chi connectivity index (χ1v) is 8.86. The van der Waals surface area contributed by atoms with Gasteiger partial charge in [-0.2, -0.15) is 0 Å². The summed E-state index contributed by atoms with van der Waals surface area (Å²) >= 11 is 0. The highest BCUT2D eigenvalue weighted by Crippen LogP contribution is 2.38. The van der Waals surface area contributed by atoms with Gasteiger partial charge in [0, 0.05) is 12.1 Å². The topological polar surface area (TPSA) is 119 Å². The standard InChI is InChI=1S/C18H21N3O6/c1-12-4-2-3-9-18(12)16(23)20(17(24)19-18)10-15(22)27-11-13-5-7-14(8-6-13)21(25)26/h5-8,12H,2-4,9-11H2,1H3,(H,19,24)/t12-,18+/m0/s1. The molecule has 1 saturated heterocycles. The second kappa shape index (κ2) is 7.34. The summed E-state index contributed by atoms with van der Waals surface area (Å²) in [6.45, 7) is 1.39. The summed E-state index contributed by atoms with van der Waals surface area (Å²) in [7, 11) is 0. The molecule has 3 rings (SSSR count). The Hall–Kier alpha value is -2.97. The average molecular weight is 375 g/mol. The van der Waals surface area contributed by atoms with Crippen LogP contribution in [0.25, 0.3) is 0 Å². The van der Waals surface area contributed by atoms with Gasteiger partial charge in [0.05, 0.1) is 4.92 Å². The Kier molecular flexibility index (Phi) is 5.11. The predicted molar refractivity (Wildman–Crippen MR) is 93.5 cm³/mol. The molecular formula is C18H21N3O6. The van der Waals surface area contributed by atoms with Crippen LogP contribution < -0.4 is 5.32 Å². The molecule has 1 aromatic carbocycles. The molecule has 9 heteroatoms. The van der Waals surface area contributed by atoms with Gasteiger partial charge in [0.15, 0.2) is 0 Å². The van der Waals surface area contributed by atoms with Crippen LogP contribution in [-0.2, 0) is 20.9 Å². The SMILES string of the molecule is C[C@H]1CCCC[C@@]12NC(=O)N(CC(=O)OCc1ccc([N+](=O)[O-])cc1)C2=O. The van der Waals surface area contributed by atoms with E-state index in [1.165, 1.54) is 24.3 Å². The van der Waals surface area contributed by atoms with Gasteiger partial charge in [-0.1, -0.05) is 19.8 Å². The zero-order chi connectivity index (χ0) is 19.6. The number of nitro benzene ring substituents is 1. The first kappa shape index (κ1) is 18.8. The lowest BCUT2D eigenvalue weighted by Gasteiger charge is -2.36. The van der Waals surface area contributed by atoms with E-state index in [0.29, 0.717) is 12.0 Å².